The number of methoxy groups -OCH3 is 1. The SMILES string of the molecule is COc1ccc(S(=O)(=O)N2CCC(C(=O)N(Cc3ccco3)c3nc4cc(C)c(C)cc4s3)CC2)cc1. The van der Waals surface area contributed by atoms with Gasteiger partial charge in [-0.05, 0) is 86.3 Å². The third-order valence-corrected chi connectivity index (χ3v) is 9.84. The van der Waals surface area contributed by atoms with E-state index >= 15 is 0 Å². The topological polar surface area (TPSA) is 93.0 Å². The van der Waals surface area contributed by atoms with Crippen LogP contribution < -0.4 is 9.64 Å². The van der Waals surface area contributed by atoms with Crippen LogP contribution >= 0.6 is 11.3 Å². The average molecular weight is 540 g/mol. The molecule has 4 aromatic rings. The molecule has 1 fully saturated rings. The number of amides is 1. The molecular formula is C27H29N3O5S2. The molecule has 37 heavy (non-hydrogen) atoms. The zero-order valence-electron chi connectivity index (χ0n) is 21.0. The largest absolute Gasteiger partial charge is 0.497 e. The summed E-state index contributed by atoms with van der Waals surface area (Å²) >= 11 is 1.48. The number of furan rings is 1. The number of sulfonamides is 1. The fraction of sp³-hybridized carbons (Fsp3) is 0.333. The summed E-state index contributed by atoms with van der Waals surface area (Å²) in [6.45, 7) is 4.93. The molecule has 0 spiro atoms. The predicted octanol–water partition coefficient (Wildman–Crippen LogP) is 5.15. The van der Waals surface area contributed by atoms with Crippen molar-refractivity contribution >= 4 is 42.6 Å². The molecule has 2 aromatic heterocycles. The number of aromatic nitrogens is 1. The molecule has 2 aromatic carbocycles. The average Bonchev–Trinajstić information content (AvgIpc) is 3.57. The van der Waals surface area contributed by atoms with Crippen LogP contribution in [-0.2, 0) is 21.4 Å². The van der Waals surface area contributed by atoms with Gasteiger partial charge in [0.1, 0.15) is 11.5 Å². The Morgan fingerprint density at radius 1 is 1.14 bits per heavy atom. The van der Waals surface area contributed by atoms with E-state index in [2.05, 4.69) is 13.0 Å². The molecule has 0 aliphatic carbocycles. The molecule has 5 rings (SSSR count). The highest BCUT2D eigenvalue weighted by molar-refractivity contribution is 7.89. The third kappa shape index (κ3) is 5.14. The number of nitrogens with zero attached hydrogens (tertiary/aromatic N) is 3. The summed E-state index contributed by atoms with van der Waals surface area (Å²) in [4.78, 5) is 20.5. The van der Waals surface area contributed by atoms with Gasteiger partial charge >= 0.3 is 0 Å². The monoisotopic (exact) mass is 539 g/mol. The second kappa shape index (κ2) is 10.3. The molecule has 3 heterocycles. The molecule has 1 aliphatic rings. The fourth-order valence-corrected chi connectivity index (χ4v) is 7.06. The Bertz CT molecular complexity index is 1460. The van der Waals surface area contributed by atoms with Crippen LogP contribution in [-0.4, -0.2) is 43.8 Å². The van der Waals surface area contributed by atoms with E-state index in [4.69, 9.17) is 14.1 Å². The minimum absolute atomic E-state index is 0.0644. The summed E-state index contributed by atoms with van der Waals surface area (Å²) in [7, 11) is -2.11. The lowest BCUT2D eigenvalue weighted by Crippen LogP contribution is -2.44. The van der Waals surface area contributed by atoms with Gasteiger partial charge in [0.15, 0.2) is 5.13 Å². The van der Waals surface area contributed by atoms with Crippen LogP contribution in [0.25, 0.3) is 10.2 Å². The maximum absolute atomic E-state index is 13.8. The zero-order chi connectivity index (χ0) is 26.2. The number of anilines is 1. The second-order valence-corrected chi connectivity index (χ2v) is 12.2. The van der Waals surface area contributed by atoms with Gasteiger partial charge in [0.25, 0.3) is 0 Å². The third-order valence-electron chi connectivity index (χ3n) is 6.88. The van der Waals surface area contributed by atoms with Gasteiger partial charge < -0.3 is 9.15 Å². The Balaban J connectivity index is 1.35. The van der Waals surface area contributed by atoms with Crippen LogP contribution in [0.2, 0.25) is 0 Å². The predicted molar refractivity (Wildman–Crippen MR) is 143 cm³/mol. The van der Waals surface area contributed by atoms with Crippen LogP contribution in [0.3, 0.4) is 0 Å². The molecule has 0 bridgehead atoms. The number of aryl methyl sites for hydroxylation is 2. The molecule has 1 aliphatic heterocycles. The van der Waals surface area contributed by atoms with E-state index in [1.54, 1.807) is 41.5 Å². The first-order valence-electron chi connectivity index (χ1n) is 12.1. The number of fused-ring (bicyclic) bond motifs is 1. The Hall–Kier alpha value is -3.21. The van der Waals surface area contributed by atoms with Crippen molar-refractivity contribution in [2.45, 2.75) is 38.1 Å². The fourth-order valence-electron chi connectivity index (χ4n) is 4.54. The van der Waals surface area contributed by atoms with Crippen molar-refractivity contribution in [1.29, 1.82) is 0 Å². The van der Waals surface area contributed by atoms with Crippen molar-refractivity contribution in [3.8, 4) is 5.75 Å². The Morgan fingerprint density at radius 2 is 1.84 bits per heavy atom. The summed E-state index contributed by atoms with van der Waals surface area (Å²) in [5, 5.41) is 0.620. The molecule has 1 amide bonds. The summed E-state index contributed by atoms with van der Waals surface area (Å²) in [6, 6.07) is 14.2. The van der Waals surface area contributed by atoms with E-state index < -0.39 is 10.0 Å². The van der Waals surface area contributed by atoms with Gasteiger partial charge in [-0.2, -0.15) is 4.31 Å². The standard InChI is InChI=1S/C27H29N3O5S2/c1-18-15-24-25(16-19(18)2)36-27(28-24)30(17-22-5-4-14-35-22)26(31)20-10-12-29(13-11-20)37(32,33)23-8-6-21(34-3)7-9-23/h4-9,14-16,20H,10-13,17H2,1-3H3. The summed E-state index contributed by atoms with van der Waals surface area (Å²) < 4.78 is 39.5. The number of piperidine rings is 1. The van der Waals surface area contributed by atoms with Gasteiger partial charge in [-0.3, -0.25) is 9.69 Å². The molecule has 0 saturated carbocycles. The Morgan fingerprint density at radius 3 is 2.49 bits per heavy atom. The molecule has 0 radical (unpaired) electrons. The maximum Gasteiger partial charge on any atom is 0.243 e. The van der Waals surface area contributed by atoms with Crippen molar-refractivity contribution in [3.05, 3.63) is 71.7 Å². The first-order valence-corrected chi connectivity index (χ1v) is 14.4. The van der Waals surface area contributed by atoms with Gasteiger partial charge in [-0.1, -0.05) is 11.3 Å². The number of hydrogen-bond acceptors (Lipinski definition) is 7. The smallest absolute Gasteiger partial charge is 0.243 e. The number of thiazole rings is 1. The second-order valence-electron chi connectivity index (χ2n) is 9.26. The van der Waals surface area contributed by atoms with Crippen molar-refractivity contribution < 1.29 is 22.4 Å². The van der Waals surface area contributed by atoms with Crippen LogP contribution in [0.1, 0.15) is 29.7 Å². The maximum atomic E-state index is 13.8. The first kappa shape index (κ1) is 25.4. The van der Waals surface area contributed by atoms with Gasteiger partial charge in [0, 0.05) is 19.0 Å². The number of carbonyl (C=O) groups excluding carboxylic acids is 1. The highest BCUT2D eigenvalue weighted by Gasteiger charge is 2.35. The quantitative estimate of drug-likeness (QED) is 0.323. The van der Waals surface area contributed by atoms with Crippen molar-refractivity contribution in [2.75, 3.05) is 25.1 Å². The molecule has 1 saturated heterocycles. The zero-order valence-corrected chi connectivity index (χ0v) is 22.6. The number of hydrogen-bond donors (Lipinski definition) is 0. The molecule has 10 heteroatoms. The lowest BCUT2D eigenvalue weighted by Gasteiger charge is -2.32. The Labute approximate surface area is 220 Å². The van der Waals surface area contributed by atoms with E-state index in [-0.39, 0.29) is 36.4 Å². The van der Waals surface area contributed by atoms with E-state index in [0.29, 0.717) is 29.5 Å². The van der Waals surface area contributed by atoms with E-state index in [0.717, 1.165) is 15.8 Å². The van der Waals surface area contributed by atoms with Gasteiger partial charge in [0.05, 0.1) is 35.0 Å². The minimum Gasteiger partial charge on any atom is -0.497 e. The van der Waals surface area contributed by atoms with E-state index in [9.17, 15) is 13.2 Å². The van der Waals surface area contributed by atoms with Crippen LogP contribution in [0.15, 0.2) is 64.1 Å². The van der Waals surface area contributed by atoms with Crippen LogP contribution in [0.5, 0.6) is 5.75 Å². The molecule has 0 N–H and O–H groups in total. The molecular weight excluding hydrogens is 510 g/mol. The van der Waals surface area contributed by atoms with Crippen molar-refractivity contribution in [2.24, 2.45) is 5.92 Å². The van der Waals surface area contributed by atoms with Crippen molar-refractivity contribution in [3.63, 3.8) is 0 Å². The van der Waals surface area contributed by atoms with Gasteiger partial charge in [0.2, 0.25) is 15.9 Å². The lowest BCUT2D eigenvalue weighted by molar-refractivity contribution is -0.123. The number of rotatable bonds is 7. The minimum atomic E-state index is -3.65. The van der Waals surface area contributed by atoms with Gasteiger partial charge in [-0.15, -0.1) is 0 Å². The lowest BCUT2D eigenvalue weighted by atomic mass is 9.96. The first-order chi connectivity index (χ1) is 17.8. The van der Waals surface area contributed by atoms with Crippen LogP contribution in [0, 0.1) is 19.8 Å². The number of ether oxygens (including phenoxy) is 1. The molecule has 8 nitrogen and oxygen atoms in total. The highest BCUT2D eigenvalue weighted by Crippen LogP contribution is 2.34. The summed E-state index contributed by atoms with van der Waals surface area (Å²) in [6.07, 6.45) is 2.46. The normalized spacial score (nSPS) is 15.2. The highest BCUT2D eigenvalue weighted by atomic mass is 32.2. The number of benzene rings is 2. The Kier molecular flexibility index (Phi) is 7.06. The molecule has 0 unspecified atom stereocenters. The summed E-state index contributed by atoms with van der Waals surface area (Å²) in [5.41, 5.74) is 3.19. The molecule has 194 valence electrons. The van der Waals surface area contributed by atoms with E-state index in [1.807, 2.05) is 19.1 Å². The van der Waals surface area contributed by atoms with E-state index in [1.165, 1.54) is 28.3 Å². The summed E-state index contributed by atoms with van der Waals surface area (Å²) in [5.74, 6) is 0.887. The van der Waals surface area contributed by atoms with Crippen molar-refractivity contribution in [1.82, 2.24) is 9.29 Å². The van der Waals surface area contributed by atoms with Gasteiger partial charge in [-0.25, -0.2) is 13.4 Å². The molecule has 0 atom stereocenters. The number of carbonyl (C=O) groups is 1. The van der Waals surface area contributed by atoms with Crippen LogP contribution in [0.4, 0.5) is 5.13 Å².